The number of carbonyl (C=O) groups excluding carboxylic acids is 1. The number of hydrogen-bond acceptors (Lipinski definition) is 4. The van der Waals surface area contributed by atoms with Gasteiger partial charge >= 0.3 is 0 Å². The molecule has 0 atom stereocenters. The van der Waals surface area contributed by atoms with E-state index in [0.29, 0.717) is 5.69 Å². The minimum atomic E-state index is -0.221. The highest BCUT2D eigenvalue weighted by Gasteiger charge is 2.17. The van der Waals surface area contributed by atoms with Gasteiger partial charge in [0.1, 0.15) is 0 Å². The largest absolute Gasteiger partial charge is 0.399 e. The number of amides is 1. The highest BCUT2D eigenvalue weighted by molar-refractivity contribution is 6.01. The number of anilines is 3. The molecule has 1 heterocycles. The maximum absolute atomic E-state index is 11.5. The number of benzene rings is 1. The minimum Gasteiger partial charge on any atom is -0.399 e. The van der Waals surface area contributed by atoms with Crippen molar-refractivity contribution in [2.75, 3.05) is 49.2 Å². The monoisotopic (exact) mass is 260 g/mol. The Bertz CT molecular complexity index is 478. The first kappa shape index (κ1) is 13.4. The maximum Gasteiger partial charge on any atom is 0.247 e. The molecule has 1 fully saturated rings. The molecular formula is C14H20N4O. The second-order valence-corrected chi connectivity index (χ2v) is 4.76. The van der Waals surface area contributed by atoms with E-state index in [1.165, 1.54) is 6.08 Å². The molecule has 5 heteroatoms. The van der Waals surface area contributed by atoms with Crippen molar-refractivity contribution in [1.82, 2.24) is 4.90 Å². The van der Waals surface area contributed by atoms with Crippen LogP contribution >= 0.6 is 0 Å². The van der Waals surface area contributed by atoms with Gasteiger partial charge in [-0.25, -0.2) is 0 Å². The Labute approximate surface area is 113 Å². The van der Waals surface area contributed by atoms with Gasteiger partial charge in [-0.2, -0.15) is 0 Å². The van der Waals surface area contributed by atoms with Gasteiger partial charge in [0.2, 0.25) is 5.91 Å². The standard InChI is InChI=1S/C14H20N4O/c1-3-14(19)16-12-10-11(15)4-5-13(12)18-8-6-17(2)7-9-18/h3-5,10H,1,6-9,15H2,2H3,(H,16,19). The molecule has 19 heavy (non-hydrogen) atoms. The zero-order valence-electron chi connectivity index (χ0n) is 11.2. The molecule has 1 aromatic rings. The van der Waals surface area contributed by atoms with E-state index in [0.717, 1.165) is 37.6 Å². The Morgan fingerprint density at radius 2 is 2.05 bits per heavy atom. The lowest BCUT2D eigenvalue weighted by molar-refractivity contribution is -0.111. The molecule has 102 valence electrons. The molecule has 0 saturated carbocycles. The summed E-state index contributed by atoms with van der Waals surface area (Å²) in [5.74, 6) is -0.221. The number of nitrogens with one attached hydrogen (secondary N) is 1. The predicted molar refractivity (Wildman–Crippen MR) is 79.4 cm³/mol. The molecule has 1 aromatic carbocycles. The van der Waals surface area contributed by atoms with Gasteiger partial charge < -0.3 is 20.9 Å². The number of nitrogens with zero attached hydrogens (tertiary/aromatic N) is 2. The Balaban J connectivity index is 2.23. The maximum atomic E-state index is 11.5. The Morgan fingerprint density at radius 1 is 1.37 bits per heavy atom. The van der Waals surface area contributed by atoms with Gasteiger partial charge in [0.05, 0.1) is 11.4 Å². The number of carbonyl (C=O) groups is 1. The molecule has 0 unspecified atom stereocenters. The molecular weight excluding hydrogens is 240 g/mol. The van der Waals surface area contributed by atoms with Crippen molar-refractivity contribution in [3.63, 3.8) is 0 Å². The van der Waals surface area contributed by atoms with Crippen molar-refractivity contribution in [3.8, 4) is 0 Å². The van der Waals surface area contributed by atoms with Gasteiger partial charge in [0.15, 0.2) is 0 Å². The summed E-state index contributed by atoms with van der Waals surface area (Å²) in [7, 11) is 2.11. The summed E-state index contributed by atoms with van der Waals surface area (Å²) in [6.07, 6.45) is 1.26. The molecule has 1 aliphatic rings. The van der Waals surface area contributed by atoms with E-state index in [1.807, 2.05) is 12.1 Å². The molecule has 2 rings (SSSR count). The zero-order chi connectivity index (χ0) is 13.8. The van der Waals surface area contributed by atoms with Gasteiger partial charge in [-0.3, -0.25) is 4.79 Å². The zero-order valence-corrected chi connectivity index (χ0v) is 11.2. The molecule has 1 amide bonds. The van der Waals surface area contributed by atoms with Gasteiger partial charge in [-0.05, 0) is 31.3 Å². The second-order valence-electron chi connectivity index (χ2n) is 4.76. The van der Waals surface area contributed by atoms with Crippen LogP contribution in [0.15, 0.2) is 30.9 Å². The molecule has 0 aliphatic carbocycles. The average molecular weight is 260 g/mol. The van der Waals surface area contributed by atoms with Crippen LogP contribution in [0.1, 0.15) is 0 Å². The van der Waals surface area contributed by atoms with Crippen LogP contribution in [0.5, 0.6) is 0 Å². The molecule has 1 saturated heterocycles. The summed E-state index contributed by atoms with van der Waals surface area (Å²) >= 11 is 0. The van der Waals surface area contributed by atoms with E-state index in [2.05, 4.69) is 28.7 Å². The smallest absolute Gasteiger partial charge is 0.247 e. The lowest BCUT2D eigenvalue weighted by Gasteiger charge is -2.35. The van der Waals surface area contributed by atoms with Crippen molar-refractivity contribution < 1.29 is 4.79 Å². The van der Waals surface area contributed by atoms with Crippen molar-refractivity contribution in [2.45, 2.75) is 0 Å². The molecule has 0 bridgehead atoms. The van der Waals surface area contributed by atoms with Crippen LogP contribution in [0.3, 0.4) is 0 Å². The third-order valence-electron chi connectivity index (χ3n) is 3.31. The topological polar surface area (TPSA) is 61.6 Å². The first-order chi connectivity index (χ1) is 9.10. The molecule has 0 spiro atoms. The highest BCUT2D eigenvalue weighted by atomic mass is 16.1. The Morgan fingerprint density at radius 3 is 2.68 bits per heavy atom. The first-order valence-corrected chi connectivity index (χ1v) is 6.36. The lowest BCUT2D eigenvalue weighted by atomic mass is 10.2. The summed E-state index contributed by atoms with van der Waals surface area (Å²) in [5, 5.41) is 2.82. The molecule has 5 nitrogen and oxygen atoms in total. The van der Waals surface area contributed by atoms with E-state index >= 15 is 0 Å². The molecule has 0 aromatic heterocycles. The Hall–Kier alpha value is -2.01. The van der Waals surface area contributed by atoms with Crippen molar-refractivity contribution in [3.05, 3.63) is 30.9 Å². The number of piperazine rings is 1. The number of hydrogen-bond donors (Lipinski definition) is 2. The van der Waals surface area contributed by atoms with Crippen LogP contribution in [0, 0.1) is 0 Å². The molecule has 1 aliphatic heterocycles. The van der Waals surface area contributed by atoms with Crippen LogP contribution in [-0.4, -0.2) is 44.0 Å². The van der Waals surface area contributed by atoms with E-state index in [-0.39, 0.29) is 5.91 Å². The van der Waals surface area contributed by atoms with Crippen LogP contribution in [-0.2, 0) is 4.79 Å². The molecule has 0 radical (unpaired) electrons. The van der Waals surface area contributed by atoms with Crippen LogP contribution in [0.2, 0.25) is 0 Å². The van der Waals surface area contributed by atoms with Gasteiger partial charge in [0.25, 0.3) is 0 Å². The Kier molecular flexibility index (Phi) is 4.06. The fourth-order valence-corrected chi connectivity index (χ4v) is 2.16. The lowest BCUT2D eigenvalue weighted by Crippen LogP contribution is -2.44. The van der Waals surface area contributed by atoms with E-state index in [4.69, 9.17) is 5.73 Å². The van der Waals surface area contributed by atoms with Crippen LogP contribution < -0.4 is 16.0 Å². The SMILES string of the molecule is C=CC(=O)Nc1cc(N)ccc1N1CCN(C)CC1. The summed E-state index contributed by atoms with van der Waals surface area (Å²) in [4.78, 5) is 16.0. The summed E-state index contributed by atoms with van der Waals surface area (Å²) in [6, 6.07) is 5.60. The summed E-state index contributed by atoms with van der Waals surface area (Å²) in [5.41, 5.74) is 8.19. The highest BCUT2D eigenvalue weighted by Crippen LogP contribution is 2.29. The van der Waals surface area contributed by atoms with Crippen molar-refractivity contribution in [2.24, 2.45) is 0 Å². The molecule has 3 N–H and O–H groups in total. The minimum absolute atomic E-state index is 0.221. The van der Waals surface area contributed by atoms with E-state index in [9.17, 15) is 4.79 Å². The number of nitrogens with two attached hydrogens (primary N) is 1. The normalized spacial score (nSPS) is 16.2. The van der Waals surface area contributed by atoms with Crippen molar-refractivity contribution >= 4 is 23.0 Å². The number of nitrogen functional groups attached to an aromatic ring is 1. The number of rotatable bonds is 3. The van der Waals surface area contributed by atoms with Gasteiger partial charge in [-0.15, -0.1) is 0 Å². The van der Waals surface area contributed by atoms with Crippen molar-refractivity contribution in [1.29, 1.82) is 0 Å². The summed E-state index contributed by atoms with van der Waals surface area (Å²) < 4.78 is 0. The average Bonchev–Trinajstić information content (AvgIpc) is 2.40. The van der Waals surface area contributed by atoms with Crippen LogP contribution in [0.25, 0.3) is 0 Å². The first-order valence-electron chi connectivity index (χ1n) is 6.36. The van der Waals surface area contributed by atoms with Crippen LogP contribution in [0.4, 0.5) is 17.1 Å². The fourth-order valence-electron chi connectivity index (χ4n) is 2.16. The van der Waals surface area contributed by atoms with E-state index < -0.39 is 0 Å². The third-order valence-corrected chi connectivity index (χ3v) is 3.31. The second kappa shape index (κ2) is 5.75. The summed E-state index contributed by atoms with van der Waals surface area (Å²) in [6.45, 7) is 7.38. The van der Waals surface area contributed by atoms with Gasteiger partial charge in [-0.1, -0.05) is 6.58 Å². The quantitative estimate of drug-likeness (QED) is 0.632. The van der Waals surface area contributed by atoms with Gasteiger partial charge in [0, 0.05) is 31.9 Å². The van der Waals surface area contributed by atoms with E-state index in [1.54, 1.807) is 6.07 Å². The third kappa shape index (κ3) is 3.26. The fraction of sp³-hybridized carbons (Fsp3) is 0.357. The number of likely N-dealkylation sites (N-methyl/N-ethyl adjacent to an activating group) is 1. The predicted octanol–water partition coefficient (Wildman–Crippen LogP) is 1.15.